The summed E-state index contributed by atoms with van der Waals surface area (Å²) < 4.78 is 0. The minimum absolute atomic E-state index is 0.221. The first-order valence-corrected chi connectivity index (χ1v) is 7.26. The molecule has 4 nitrogen and oxygen atoms in total. The van der Waals surface area contributed by atoms with Crippen molar-refractivity contribution in [3.63, 3.8) is 0 Å². The molecule has 0 fully saturated rings. The molecule has 0 aliphatic carbocycles. The summed E-state index contributed by atoms with van der Waals surface area (Å²) in [5.74, 6) is -1.63. The second kappa shape index (κ2) is 7.01. The fourth-order valence-corrected chi connectivity index (χ4v) is 2.25. The highest BCUT2D eigenvalue weighted by Crippen LogP contribution is 2.25. The van der Waals surface area contributed by atoms with E-state index in [1.54, 1.807) is 24.3 Å². The molecule has 0 saturated heterocycles. The number of carboxylic acid groups (broad SMARTS) is 1. The Labute approximate surface area is 141 Å². The van der Waals surface area contributed by atoms with Crippen LogP contribution in [0.5, 0.6) is 0 Å². The van der Waals surface area contributed by atoms with Crippen molar-refractivity contribution >= 4 is 52.4 Å². The number of carboxylic acids is 1. The minimum atomic E-state index is -1.14. The standard InChI is InChI=1S/C15H10Cl3NO3/c16-10-2-4-11(5-3-10)19(8-14(20)21)15(22)9-1-6-12(17)13(18)7-9/h1-7H,8H2,(H,20,21). The smallest absolute Gasteiger partial charge is 0.323 e. The van der Waals surface area contributed by atoms with Gasteiger partial charge in [-0.25, -0.2) is 0 Å². The molecule has 0 radical (unpaired) electrons. The van der Waals surface area contributed by atoms with Crippen LogP contribution in [0, 0.1) is 0 Å². The molecule has 2 aromatic carbocycles. The maximum absolute atomic E-state index is 12.6. The summed E-state index contributed by atoms with van der Waals surface area (Å²) in [6, 6.07) is 10.7. The number of anilines is 1. The zero-order chi connectivity index (χ0) is 16.3. The maximum atomic E-state index is 12.6. The molecule has 0 spiro atoms. The van der Waals surface area contributed by atoms with Gasteiger partial charge in [0.1, 0.15) is 6.54 Å². The Bertz CT molecular complexity index is 716. The predicted molar refractivity (Wildman–Crippen MR) is 87.2 cm³/mol. The van der Waals surface area contributed by atoms with E-state index in [9.17, 15) is 9.59 Å². The number of nitrogens with zero attached hydrogens (tertiary/aromatic N) is 1. The number of benzene rings is 2. The van der Waals surface area contributed by atoms with Crippen molar-refractivity contribution in [2.24, 2.45) is 0 Å². The van der Waals surface area contributed by atoms with Crippen LogP contribution in [0.15, 0.2) is 42.5 Å². The first-order chi connectivity index (χ1) is 10.4. The van der Waals surface area contributed by atoms with Gasteiger partial charge in [0, 0.05) is 16.3 Å². The number of aliphatic carboxylic acids is 1. The van der Waals surface area contributed by atoms with Crippen LogP contribution in [-0.2, 0) is 4.79 Å². The van der Waals surface area contributed by atoms with Gasteiger partial charge in [-0.1, -0.05) is 34.8 Å². The topological polar surface area (TPSA) is 57.6 Å². The molecule has 0 aliphatic rings. The van der Waals surface area contributed by atoms with Gasteiger partial charge < -0.3 is 5.11 Å². The van der Waals surface area contributed by atoms with Crippen molar-refractivity contribution in [1.82, 2.24) is 0 Å². The van der Waals surface area contributed by atoms with E-state index >= 15 is 0 Å². The van der Waals surface area contributed by atoms with Gasteiger partial charge in [-0.15, -0.1) is 0 Å². The quantitative estimate of drug-likeness (QED) is 0.882. The monoisotopic (exact) mass is 357 g/mol. The highest BCUT2D eigenvalue weighted by atomic mass is 35.5. The molecule has 0 saturated carbocycles. The van der Waals surface area contributed by atoms with E-state index in [1.807, 2.05) is 0 Å². The Morgan fingerprint density at radius 2 is 1.59 bits per heavy atom. The van der Waals surface area contributed by atoms with Crippen molar-refractivity contribution in [3.8, 4) is 0 Å². The fraction of sp³-hybridized carbons (Fsp3) is 0.0667. The molecule has 2 aromatic rings. The van der Waals surface area contributed by atoms with Gasteiger partial charge in [0.05, 0.1) is 10.0 Å². The number of halogens is 3. The summed E-state index contributed by atoms with van der Waals surface area (Å²) in [6.45, 7) is -0.485. The van der Waals surface area contributed by atoms with Gasteiger partial charge in [0.25, 0.3) is 5.91 Å². The molecule has 2 rings (SSSR count). The summed E-state index contributed by atoms with van der Waals surface area (Å²) >= 11 is 17.5. The van der Waals surface area contributed by atoms with E-state index in [0.29, 0.717) is 15.7 Å². The number of rotatable bonds is 4. The van der Waals surface area contributed by atoms with Crippen LogP contribution in [0.4, 0.5) is 5.69 Å². The van der Waals surface area contributed by atoms with Crippen molar-refractivity contribution < 1.29 is 14.7 Å². The predicted octanol–water partition coefficient (Wildman–Crippen LogP) is 4.38. The molecule has 0 aliphatic heterocycles. The van der Waals surface area contributed by atoms with Crippen LogP contribution in [0.25, 0.3) is 0 Å². The largest absolute Gasteiger partial charge is 0.480 e. The van der Waals surface area contributed by atoms with Gasteiger partial charge in [0.2, 0.25) is 0 Å². The molecule has 1 N–H and O–H groups in total. The summed E-state index contributed by atoms with van der Waals surface area (Å²) in [6.07, 6.45) is 0. The van der Waals surface area contributed by atoms with Crippen LogP contribution in [0.3, 0.4) is 0 Å². The lowest BCUT2D eigenvalue weighted by Gasteiger charge is -2.21. The van der Waals surface area contributed by atoms with E-state index in [4.69, 9.17) is 39.9 Å². The zero-order valence-corrected chi connectivity index (χ0v) is 13.4. The lowest BCUT2D eigenvalue weighted by Crippen LogP contribution is -2.35. The van der Waals surface area contributed by atoms with Gasteiger partial charge in [-0.3, -0.25) is 14.5 Å². The van der Waals surface area contributed by atoms with Crippen LogP contribution in [0.2, 0.25) is 15.1 Å². The van der Waals surface area contributed by atoms with Crippen molar-refractivity contribution in [1.29, 1.82) is 0 Å². The molecule has 22 heavy (non-hydrogen) atoms. The molecule has 114 valence electrons. The number of hydrogen-bond donors (Lipinski definition) is 1. The van der Waals surface area contributed by atoms with Crippen molar-refractivity contribution in [3.05, 3.63) is 63.1 Å². The van der Waals surface area contributed by atoms with E-state index in [-0.39, 0.29) is 10.6 Å². The Balaban J connectivity index is 2.39. The third-order valence-corrected chi connectivity index (χ3v) is 3.83. The summed E-state index contributed by atoms with van der Waals surface area (Å²) in [5.41, 5.74) is 0.661. The molecule has 1 amide bonds. The van der Waals surface area contributed by atoms with Crippen LogP contribution in [0.1, 0.15) is 10.4 Å². The fourth-order valence-electron chi connectivity index (χ4n) is 1.82. The Morgan fingerprint density at radius 3 is 2.14 bits per heavy atom. The molecule has 0 heterocycles. The minimum Gasteiger partial charge on any atom is -0.480 e. The third kappa shape index (κ3) is 3.91. The average molecular weight is 359 g/mol. The molecular weight excluding hydrogens is 349 g/mol. The third-order valence-electron chi connectivity index (χ3n) is 2.84. The summed E-state index contributed by atoms with van der Waals surface area (Å²) in [7, 11) is 0. The summed E-state index contributed by atoms with van der Waals surface area (Å²) in [4.78, 5) is 24.7. The highest BCUT2D eigenvalue weighted by Gasteiger charge is 2.21. The number of carbonyl (C=O) groups is 2. The number of hydrogen-bond acceptors (Lipinski definition) is 2. The first kappa shape index (κ1) is 16.6. The number of amides is 1. The van der Waals surface area contributed by atoms with Crippen LogP contribution >= 0.6 is 34.8 Å². The molecule has 7 heteroatoms. The second-order valence-corrected chi connectivity index (χ2v) is 5.64. The van der Waals surface area contributed by atoms with E-state index in [1.165, 1.54) is 18.2 Å². The van der Waals surface area contributed by atoms with Crippen LogP contribution in [-0.4, -0.2) is 23.5 Å². The molecule has 0 atom stereocenters. The van der Waals surface area contributed by atoms with Crippen LogP contribution < -0.4 is 4.90 Å². The molecule has 0 unspecified atom stereocenters. The van der Waals surface area contributed by atoms with Gasteiger partial charge in [0.15, 0.2) is 0 Å². The maximum Gasteiger partial charge on any atom is 0.323 e. The highest BCUT2D eigenvalue weighted by molar-refractivity contribution is 6.42. The molecule has 0 aromatic heterocycles. The zero-order valence-electron chi connectivity index (χ0n) is 11.1. The van der Waals surface area contributed by atoms with Crippen molar-refractivity contribution in [2.75, 3.05) is 11.4 Å². The lowest BCUT2D eigenvalue weighted by atomic mass is 10.1. The Morgan fingerprint density at radius 1 is 0.955 bits per heavy atom. The average Bonchev–Trinajstić information content (AvgIpc) is 2.48. The summed E-state index contributed by atoms with van der Waals surface area (Å²) in [5, 5.41) is 10.0. The van der Waals surface area contributed by atoms with Crippen molar-refractivity contribution in [2.45, 2.75) is 0 Å². The van der Waals surface area contributed by atoms with Gasteiger partial charge in [-0.05, 0) is 42.5 Å². The van der Waals surface area contributed by atoms with E-state index in [2.05, 4.69) is 0 Å². The molecular formula is C15H10Cl3NO3. The normalized spacial score (nSPS) is 10.3. The second-order valence-electron chi connectivity index (χ2n) is 4.39. The van der Waals surface area contributed by atoms with E-state index < -0.39 is 18.4 Å². The SMILES string of the molecule is O=C(O)CN(C(=O)c1ccc(Cl)c(Cl)c1)c1ccc(Cl)cc1. The van der Waals surface area contributed by atoms with Gasteiger partial charge in [-0.2, -0.15) is 0 Å². The number of carbonyl (C=O) groups excluding carboxylic acids is 1. The first-order valence-electron chi connectivity index (χ1n) is 6.13. The van der Waals surface area contributed by atoms with Gasteiger partial charge >= 0.3 is 5.97 Å². The van der Waals surface area contributed by atoms with E-state index in [0.717, 1.165) is 4.90 Å². The Kier molecular flexibility index (Phi) is 5.29. The molecule has 0 bridgehead atoms. The lowest BCUT2D eigenvalue weighted by molar-refractivity contribution is -0.135. The Hall–Kier alpha value is -1.75.